The van der Waals surface area contributed by atoms with Crippen LogP contribution in [0.3, 0.4) is 0 Å². The van der Waals surface area contributed by atoms with Crippen molar-refractivity contribution in [2.24, 2.45) is 5.92 Å². The molecule has 0 saturated heterocycles. The number of carbonyl (C=O) groups excluding carboxylic acids is 1. The highest BCUT2D eigenvalue weighted by Crippen LogP contribution is 2.26. The molecular formula is C17H24N4O2S. The molecule has 0 aromatic carbocycles. The Labute approximate surface area is 146 Å². The molecule has 1 saturated carbocycles. The molecule has 1 aliphatic rings. The maximum atomic E-state index is 12.5. The van der Waals surface area contributed by atoms with Gasteiger partial charge in [-0.25, -0.2) is 0 Å². The average molecular weight is 348 g/mol. The second-order valence-corrected chi connectivity index (χ2v) is 7.77. The van der Waals surface area contributed by atoms with E-state index in [1.54, 1.807) is 12.6 Å². The lowest BCUT2D eigenvalue weighted by atomic mass is 9.86. The van der Waals surface area contributed by atoms with Crippen molar-refractivity contribution in [3.05, 3.63) is 30.5 Å². The molecule has 6 nitrogen and oxygen atoms in total. The smallest absolute Gasteiger partial charge is 0.233 e. The van der Waals surface area contributed by atoms with Crippen LogP contribution in [0, 0.1) is 5.92 Å². The Kier molecular flexibility index (Phi) is 5.60. The largest absolute Gasteiger partial charge is 0.467 e. The minimum absolute atomic E-state index is 0.0753. The molecule has 3 rings (SSSR count). The second-order valence-electron chi connectivity index (χ2n) is 6.46. The molecule has 0 radical (unpaired) electrons. The first-order chi connectivity index (χ1) is 11.6. The zero-order valence-electron chi connectivity index (χ0n) is 14.1. The topological polar surface area (TPSA) is 73.0 Å². The number of hydrogen-bond donors (Lipinski definition) is 1. The van der Waals surface area contributed by atoms with Gasteiger partial charge < -0.3 is 14.3 Å². The van der Waals surface area contributed by atoms with Gasteiger partial charge in [-0.1, -0.05) is 31.5 Å². The SMILES string of the molecule is CC(Sc1nncn1Cc1ccco1)C(=O)NC1CCCCC1C. The number of thioether (sulfide) groups is 1. The first-order valence-corrected chi connectivity index (χ1v) is 9.38. The van der Waals surface area contributed by atoms with E-state index >= 15 is 0 Å². The van der Waals surface area contributed by atoms with E-state index in [1.165, 1.54) is 31.0 Å². The minimum atomic E-state index is -0.210. The number of aromatic nitrogens is 3. The van der Waals surface area contributed by atoms with Crippen molar-refractivity contribution in [3.8, 4) is 0 Å². The van der Waals surface area contributed by atoms with Gasteiger partial charge in [0, 0.05) is 6.04 Å². The third kappa shape index (κ3) is 4.20. The van der Waals surface area contributed by atoms with Crippen LogP contribution >= 0.6 is 11.8 Å². The minimum Gasteiger partial charge on any atom is -0.467 e. The first-order valence-electron chi connectivity index (χ1n) is 8.50. The van der Waals surface area contributed by atoms with Gasteiger partial charge in [0.2, 0.25) is 5.91 Å². The van der Waals surface area contributed by atoms with E-state index in [-0.39, 0.29) is 11.2 Å². The summed E-state index contributed by atoms with van der Waals surface area (Å²) in [6, 6.07) is 4.07. The lowest BCUT2D eigenvalue weighted by Gasteiger charge is -2.30. The summed E-state index contributed by atoms with van der Waals surface area (Å²) in [7, 11) is 0. The monoisotopic (exact) mass is 348 g/mol. The number of carbonyl (C=O) groups is 1. The van der Waals surface area contributed by atoms with Crippen LogP contribution < -0.4 is 5.32 Å². The average Bonchev–Trinajstić information content (AvgIpc) is 3.22. The lowest BCUT2D eigenvalue weighted by molar-refractivity contribution is -0.121. The van der Waals surface area contributed by atoms with Crippen molar-refractivity contribution in [2.45, 2.75) is 62.5 Å². The van der Waals surface area contributed by atoms with Gasteiger partial charge in [0.05, 0.1) is 18.1 Å². The number of nitrogens with one attached hydrogen (secondary N) is 1. The van der Waals surface area contributed by atoms with E-state index in [9.17, 15) is 4.79 Å². The standard InChI is InChI=1S/C17H24N4O2S/c1-12-6-3-4-8-15(12)19-16(22)13(2)24-17-20-18-11-21(17)10-14-7-5-9-23-14/h5,7,9,11-13,15H,3-4,6,8,10H2,1-2H3,(H,19,22). The van der Waals surface area contributed by atoms with Gasteiger partial charge in [-0.2, -0.15) is 0 Å². The van der Waals surface area contributed by atoms with Gasteiger partial charge >= 0.3 is 0 Å². The molecule has 3 unspecified atom stereocenters. The summed E-state index contributed by atoms with van der Waals surface area (Å²) in [6.07, 6.45) is 8.07. The van der Waals surface area contributed by atoms with Crippen molar-refractivity contribution in [3.63, 3.8) is 0 Å². The summed E-state index contributed by atoms with van der Waals surface area (Å²) in [6.45, 7) is 4.71. The Morgan fingerprint density at radius 2 is 2.33 bits per heavy atom. The molecule has 0 bridgehead atoms. The highest BCUT2D eigenvalue weighted by atomic mass is 32.2. The summed E-state index contributed by atoms with van der Waals surface area (Å²) in [5.74, 6) is 1.47. The summed E-state index contributed by atoms with van der Waals surface area (Å²) >= 11 is 1.43. The van der Waals surface area contributed by atoms with Gasteiger partial charge in [-0.05, 0) is 37.8 Å². The fourth-order valence-corrected chi connectivity index (χ4v) is 3.89. The Bertz CT molecular complexity index is 655. The predicted octanol–water partition coefficient (Wildman–Crippen LogP) is 3.09. The van der Waals surface area contributed by atoms with Gasteiger partial charge in [0.15, 0.2) is 5.16 Å². The third-order valence-corrected chi connectivity index (χ3v) is 5.67. The van der Waals surface area contributed by atoms with Crippen LogP contribution in [0.25, 0.3) is 0 Å². The van der Waals surface area contributed by atoms with Crippen molar-refractivity contribution in [1.82, 2.24) is 20.1 Å². The van der Waals surface area contributed by atoms with E-state index in [0.29, 0.717) is 18.5 Å². The lowest BCUT2D eigenvalue weighted by Crippen LogP contribution is -2.44. The van der Waals surface area contributed by atoms with Gasteiger partial charge in [-0.3, -0.25) is 4.79 Å². The second kappa shape index (κ2) is 7.88. The van der Waals surface area contributed by atoms with Crippen LogP contribution in [0.1, 0.15) is 45.3 Å². The molecule has 2 aromatic rings. The van der Waals surface area contributed by atoms with Gasteiger partial charge in [-0.15, -0.1) is 10.2 Å². The number of nitrogens with zero attached hydrogens (tertiary/aromatic N) is 3. The molecule has 7 heteroatoms. The number of hydrogen-bond acceptors (Lipinski definition) is 5. The molecule has 2 heterocycles. The maximum absolute atomic E-state index is 12.5. The fourth-order valence-electron chi connectivity index (χ4n) is 3.06. The molecule has 24 heavy (non-hydrogen) atoms. The molecule has 130 valence electrons. The highest BCUT2D eigenvalue weighted by Gasteiger charge is 2.26. The summed E-state index contributed by atoms with van der Waals surface area (Å²) < 4.78 is 7.26. The Hall–Kier alpha value is -1.76. The molecule has 3 atom stereocenters. The van der Waals surface area contributed by atoms with Crippen LogP contribution in [0.15, 0.2) is 34.3 Å². The maximum Gasteiger partial charge on any atom is 0.233 e. The zero-order valence-corrected chi connectivity index (χ0v) is 15.0. The van der Waals surface area contributed by atoms with Crippen molar-refractivity contribution >= 4 is 17.7 Å². The Balaban J connectivity index is 1.57. The molecule has 2 aromatic heterocycles. The molecular weight excluding hydrogens is 324 g/mol. The fraction of sp³-hybridized carbons (Fsp3) is 0.588. The summed E-state index contributed by atoms with van der Waals surface area (Å²) in [5.41, 5.74) is 0. The summed E-state index contributed by atoms with van der Waals surface area (Å²) in [4.78, 5) is 12.5. The number of furan rings is 1. The van der Waals surface area contributed by atoms with Crippen LogP contribution in [0.5, 0.6) is 0 Å². The number of rotatable bonds is 6. The predicted molar refractivity (Wildman–Crippen MR) is 92.7 cm³/mol. The quantitative estimate of drug-likeness (QED) is 0.812. The van der Waals surface area contributed by atoms with Crippen molar-refractivity contribution in [2.75, 3.05) is 0 Å². The van der Waals surface area contributed by atoms with Crippen molar-refractivity contribution in [1.29, 1.82) is 0 Å². The van der Waals surface area contributed by atoms with Crippen LogP contribution in [0.2, 0.25) is 0 Å². The Morgan fingerprint density at radius 3 is 3.08 bits per heavy atom. The third-order valence-electron chi connectivity index (χ3n) is 4.58. The van der Waals surface area contributed by atoms with Crippen LogP contribution in [-0.2, 0) is 11.3 Å². The highest BCUT2D eigenvalue weighted by molar-refractivity contribution is 8.00. The van der Waals surface area contributed by atoms with E-state index in [4.69, 9.17) is 4.42 Å². The van der Waals surface area contributed by atoms with E-state index < -0.39 is 0 Å². The van der Waals surface area contributed by atoms with E-state index in [2.05, 4.69) is 22.4 Å². The first kappa shape index (κ1) is 17.1. The van der Waals surface area contributed by atoms with Gasteiger partial charge in [0.1, 0.15) is 12.1 Å². The van der Waals surface area contributed by atoms with E-state index in [1.807, 2.05) is 23.6 Å². The van der Waals surface area contributed by atoms with Crippen LogP contribution in [-0.4, -0.2) is 32.0 Å². The van der Waals surface area contributed by atoms with Gasteiger partial charge in [0.25, 0.3) is 0 Å². The molecule has 0 spiro atoms. The van der Waals surface area contributed by atoms with Crippen molar-refractivity contribution < 1.29 is 9.21 Å². The molecule has 1 N–H and O–H groups in total. The molecule has 1 amide bonds. The normalized spacial score (nSPS) is 22.2. The number of amides is 1. The molecule has 0 aliphatic heterocycles. The molecule has 1 aliphatic carbocycles. The van der Waals surface area contributed by atoms with Crippen LogP contribution in [0.4, 0.5) is 0 Å². The zero-order chi connectivity index (χ0) is 16.9. The summed E-state index contributed by atoms with van der Waals surface area (Å²) in [5, 5.41) is 11.8. The molecule has 1 fully saturated rings. The van der Waals surface area contributed by atoms with E-state index in [0.717, 1.165) is 17.3 Å². The Morgan fingerprint density at radius 1 is 1.50 bits per heavy atom.